The lowest BCUT2D eigenvalue weighted by Gasteiger charge is -2.08. The molecule has 0 spiro atoms. The van der Waals surface area contributed by atoms with Gasteiger partial charge in [-0.25, -0.2) is 4.98 Å². The molecule has 0 aliphatic heterocycles. The van der Waals surface area contributed by atoms with Gasteiger partial charge in [0.05, 0.1) is 17.4 Å². The predicted octanol–water partition coefficient (Wildman–Crippen LogP) is 5.00. The van der Waals surface area contributed by atoms with E-state index in [0.29, 0.717) is 10.7 Å². The number of rotatable bonds is 3. The van der Waals surface area contributed by atoms with E-state index < -0.39 is 0 Å². The molecule has 118 valence electrons. The highest BCUT2D eigenvalue weighted by Gasteiger charge is 2.05. The summed E-state index contributed by atoms with van der Waals surface area (Å²) >= 11 is 6.03. The van der Waals surface area contributed by atoms with E-state index in [9.17, 15) is 0 Å². The quantitative estimate of drug-likeness (QED) is 0.554. The average molecular weight is 335 g/mol. The molecule has 0 bridgehead atoms. The van der Waals surface area contributed by atoms with Crippen molar-refractivity contribution in [3.63, 3.8) is 0 Å². The molecular formula is C19H15ClN4. The molecule has 0 fully saturated rings. The van der Waals surface area contributed by atoms with Crippen LogP contribution in [0.5, 0.6) is 0 Å². The van der Waals surface area contributed by atoms with Crippen molar-refractivity contribution in [1.82, 2.24) is 9.55 Å². The summed E-state index contributed by atoms with van der Waals surface area (Å²) < 4.78 is 2.04. The molecule has 0 saturated carbocycles. The molecule has 0 aliphatic carbocycles. The second-order valence-corrected chi connectivity index (χ2v) is 5.98. The molecular weight excluding hydrogens is 320 g/mol. The van der Waals surface area contributed by atoms with Gasteiger partial charge in [0, 0.05) is 28.0 Å². The Labute approximate surface area is 144 Å². The third-order valence-corrected chi connectivity index (χ3v) is 4.06. The summed E-state index contributed by atoms with van der Waals surface area (Å²) in [6.07, 6.45) is 3.67. The van der Waals surface area contributed by atoms with Gasteiger partial charge in [0.15, 0.2) is 0 Å². The monoisotopic (exact) mass is 334 g/mol. The van der Waals surface area contributed by atoms with Gasteiger partial charge >= 0.3 is 0 Å². The van der Waals surface area contributed by atoms with Crippen LogP contribution in [0.4, 0.5) is 17.1 Å². The molecule has 3 N–H and O–H groups in total. The van der Waals surface area contributed by atoms with Crippen molar-refractivity contribution < 1.29 is 0 Å². The van der Waals surface area contributed by atoms with Crippen LogP contribution < -0.4 is 11.1 Å². The largest absolute Gasteiger partial charge is 0.397 e. The normalized spacial score (nSPS) is 10.9. The summed E-state index contributed by atoms with van der Waals surface area (Å²) in [5.41, 5.74) is 9.42. The number of hydrogen-bond acceptors (Lipinski definition) is 3. The smallest absolute Gasteiger partial charge is 0.137 e. The van der Waals surface area contributed by atoms with Crippen molar-refractivity contribution in [2.75, 3.05) is 11.1 Å². The molecule has 4 nitrogen and oxygen atoms in total. The van der Waals surface area contributed by atoms with Crippen molar-refractivity contribution in [3.8, 4) is 5.82 Å². The van der Waals surface area contributed by atoms with Gasteiger partial charge in [-0.1, -0.05) is 17.7 Å². The third-order valence-electron chi connectivity index (χ3n) is 3.82. The molecule has 0 aliphatic rings. The number of nitrogens with zero attached hydrogens (tertiary/aromatic N) is 2. The highest BCUT2D eigenvalue weighted by atomic mass is 35.5. The van der Waals surface area contributed by atoms with Gasteiger partial charge in [-0.3, -0.25) is 0 Å². The molecule has 4 rings (SSSR count). The number of nitrogens with two attached hydrogens (primary N) is 1. The van der Waals surface area contributed by atoms with Gasteiger partial charge in [0.25, 0.3) is 0 Å². The SMILES string of the molecule is Nc1ccc(-n2ccc3cc(Nc4cccc(Cl)c4)ccc32)nc1. The standard InChI is InChI=1S/C19H15ClN4/c20-14-2-1-3-16(11-14)23-17-5-6-18-13(10-17)8-9-24(18)19-7-4-15(21)12-22-19/h1-12,23H,21H2. The van der Waals surface area contributed by atoms with E-state index in [1.807, 2.05) is 53.2 Å². The maximum absolute atomic E-state index is 6.03. The summed E-state index contributed by atoms with van der Waals surface area (Å²) in [6, 6.07) is 19.7. The van der Waals surface area contributed by atoms with Gasteiger partial charge in [0.1, 0.15) is 5.82 Å². The lowest BCUT2D eigenvalue weighted by atomic mass is 10.2. The molecule has 0 radical (unpaired) electrons. The Balaban J connectivity index is 1.69. The van der Waals surface area contributed by atoms with E-state index in [-0.39, 0.29) is 0 Å². The lowest BCUT2D eigenvalue weighted by Crippen LogP contribution is -1.96. The highest BCUT2D eigenvalue weighted by Crippen LogP contribution is 2.26. The Kier molecular flexibility index (Phi) is 3.59. The van der Waals surface area contributed by atoms with E-state index in [1.165, 1.54) is 0 Å². The third kappa shape index (κ3) is 2.79. The summed E-state index contributed by atoms with van der Waals surface area (Å²) in [6.45, 7) is 0. The first kappa shape index (κ1) is 14.6. The Morgan fingerprint density at radius 3 is 2.62 bits per heavy atom. The second-order valence-electron chi connectivity index (χ2n) is 5.54. The zero-order valence-electron chi connectivity index (χ0n) is 12.8. The first-order chi connectivity index (χ1) is 11.7. The summed E-state index contributed by atoms with van der Waals surface area (Å²) in [5, 5.41) is 5.20. The van der Waals surface area contributed by atoms with Gasteiger partial charge in [-0.2, -0.15) is 0 Å². The minimum Gasteiger partial charge on any atom is -0.397 e. The number of nitrogen functional groups attached to an aromatic ring is 1. The van der Waals surface area contributed by atoms with Crippen LogP contribution in [-0.4, -0.2) is 9.55 Å². The maximum atomic E-state index is 6.03. The number of anilines is 3. The van der Waals surface area contributed by atoms with Crippen LogP contribution in [-0.2, 0) is 0 Å². The van der Waals surface area contributed by atoms with E-state index in [1.54, 1.807) is 6.20 Å². The fourth-order valence-electron chi connectivity index (χ4n) is 2.69. The lowest BCUT2D eigenvalue weighted by molar-refractivity contribution is 1.05. The number of aromatic nitrogens is 2. The maximum Gasteiger partial charge on any atom is 0.137 e. The molecule has 2 aromatic carbocycles. The fourth-order valence-corrected chi connectivity index (χ4v) is 2.88. The topological polar surface area (TPSA) is 55.9 Å². The Hall–Kier alpha value is -2.98. The van der Waals surface area contributed by atoms with Gasteiger partial charge in [-0.15, -0.1) is 0 Å². The van der Waals surface area contributed by atoms with Crippen LogP contribution in [0.3, 0.4) is 0 Å². The Bertz CT molecular complexity index is 1010. The van der Waals surface area contributed by atoms with Crippen molar-refractivity contribution >= 4 is 39.6 Å². The van der Waals surface area contributed by atoms with E-state index in [0.717, 1.165) is 28.1 Å². The zero-order chi connectivity index (χ0) is 16.5. The molecule has 2 heterocycles. The van der Waals surface area contributed by atoms with Crippen LogP contribution >= 0.6 is 11.6 Å². The average Bonchev–Trinajstić information content (AvgIpc) is 2.99. The van der Waals surface area contributed by atoms with E-state index >= 15 is 0 Å². The van der Waals surface area contributed by atoms with Crippen LogP contribution in [0.25, 0.3) is 16.7 Å². The number of halogens is 1. The molecule has 0 atom stereocenters. The van der Waals surface area contributed by atoms with E-state index in [4.69, 9.17) is 17.3 Å². The Morgan fingerprint density at radius 2 is 1.83 bits per heavy atom. The van der Waals surface area contributed by atoms with Crippen LogP contribution in [0.1, 0.15) is 0 Å². The van der Waals surface area contributed by atoms with E-state index in [2.05, 4.69) is 28.5 Å². The number of pyridine rings is 1. The highest BCUT2D eigenvalue weighted by molar-refractivity contribution is 6.30. The molecule has 0 amide bonds. The summed E-state index contributed by atoms with van der Waals surface area (Å²) in [5.74, 6) is 0.842. The first-order valence-electron chi connectivity index (χ1n) is 7.55. The minimum absolute atomic E-state index is 0.656. The van der Waals surface area contributed by atoms with Gasteiger partial charge in [-0.05, 0) is 54.6 Å². The van der Waals surface area contributed by atoms with Crippen molar-refractivity contribution in [2.24, 2.45) is 0 Å². The van der Waals surface area contributed by atoms with Crippen molar-refractivity contribution in [2.45, 2.75) is 0 Å². The molecule has 0 unspecified atom stereocenters. The van der Waals surface area contributed by atoms with Gasteiger partial charge in [0.2, 0.25) is 0 Å². The second kappa shape index (κ2) is 5.91. The molecule has 4 aromatic rings. The molecule has 2 aromatic heterocycles. The predicted molar refractivity (Wildman–Crippen MR) is 100 cm³/mol. The number of benzene rings is 2. The zero-order valence-corrected chi connectivity index (χ0v) is 13.5. The number of hydrogen-bond donors (Lipinski definition) is 2. The summed E-state index contributed by atoms with van der Waals surface area (Å²) in [7, 11) is 0. The van der Waals surface area contributed by atoms with Crippen molar-refractivity contribution in [1.29, 1.82) is 0 Å². The molecule has 5 heteroatoms. The van der Waals surface area contributed by atoms with Crippen molar-refractivity contribution in [3.05, 3.63) is 78.1 Å². The number of fused-ring (bicyclic) bond motifs is 1. The first-order valence-corrected chi connectivity index (χ1v) is 7.92. The van der Waals surface area contributed by atoms with Crippen LogP contribution in [0, 0.1) is 0 Å². The molecule has 24 heavy (non-hydrogen) atoms. The fraction of sp³-hybridized carbons (Fsp3) is 0. The van der Waals surface area contributed by atoms with Gasteiger partial charge < -0.3 is 15.6 Å². The van der Waals surface area contributed by atoms with Crippen LogP contribution in [0.15, 0.2) is 73.1 Å². The molecule has 0 saturated heterocycles. The Morgan fingerprint density at radius 1 is 0.958 bits per heavy atom. The minimum atomic E-state index is 0.656. The number of nitrogens with one attached hydrogen (secondary N) is 1. The van der Waals surface area contributed by atoms with Crippen LogP contribution in [0.2, 0.25) is 5.02 Å². The summed E-state index contributed by atoms with van der Waals surface area (Å²) in [4.78, 5) is 4.38.